The molecule has 0 bridgehead atoms. The normalized spacial score (nSPS) is 16.1. The highest BCUT2D eigenvalue weighted by Gasteiger charge is 2.21. The number of cyclic esters (lactones) is 1. The van der Waals surface area contributed by atoms with E-state index in [1.165, 1.54) is 18.2 Å². The average molecular weight is 293 g/mol. The van der Waals surface area contributed by atoms with Gasteiger partial charge >= 0.3 is 5.97 Å². The predicted molar refractivity (Wildman–Crippen MR) is 83.4 cm³/mol. The van der Waals surface area contributed by atoms with Crippen molar-refractivity contribution in [3.63, 3.8) is 0 Å². The highest BCUT2D eigenvalue weighted by Crippen LogP contribution is 2.17. The lowest BCUT2D eigenvalue weighted by molar-refractivity contribution is -0.129. The van der Waals surface area contributed by atoms with E-state index in [0.29, 0.717) is 5.56 Å². The number of rotatable bonds is 3. The number of carbonyl (C=O) groups is 1. The summed E-state index contributed by atoms with van der Waals surface area (Å²) in [6.07, 6.45) is 4.92. The van der Waals surface area contributed by atoms with Crippen molar-refractivity contribution in [2.75, 3.05) is 0 Å². The summed E-state index contributed by atoms with van der Waals surface area (Å²) >= 11 is 0. The van der Waals surface area contributed by atoms with Crippen LogP contribution in [0.3, 0.4) is 0 Å². The van der Waals surface area contributed by atoms with E-state index in [2.05, 4.69) is 4.99 Å². The zero-order valence-corrected chi connectivity index (χ0v) is 11.6. The fraction of sp³-hybridized carbons (Fsp3) is 0. The molecule has 0 atom stereocenters. The van der Waals surface area contributed by atoms with Gasteiger partial charge in [-0.3, -0.25) is 0 Å². The summed E-state index contributed by atoms with van der Waals surface area (Å²) in [5, 5.41) is 0. The topological polar surface area (TPSA) is 38.7 Å². The Bertz CT molecular complexity index is 792. The summed E-state index contributed by atoms with van der Waals surface area (Å²) in [6, 6.07) is 15.5. The van der Waals surface area contributed by atoms with Gasteiger partial charge in [0.05, 0.1) is 0 Å². The third kappa shape index (κ3) is 3.35. The van der Waals surface area contributed by atoms with Gasteiger partial charge in [0.25, 0.3) is 0 Å². The number of aliphatic imine (C=N–C) groups is 1. The summed E-state index contributed by atoms with van der Waals surface area (Å²) in [7, 11) is 0. The second-order valence-corrected chi connectivity index (χ2v) is 4.67. The maximum atomic E-state index is 13.1. The molecule has 4 heteroatoms. The van der Waals surface area contributed by atoms with Crippen LogP contribution in [-0.4, -0.2) is 11.9 Å². The third-order valence-electron chi connectivity index (χ3n) is 3.01. The van der Waals surface area contributed by atoms with Crippen molar-refractivity contribution < 1.29 is 13.9 Å². The Morgan fingerprint density at radius 2 is 1.73 bits per heavy atom. The van der Waals surface area contributed by atoms with Crippen LogP contribution in [0.1, 0.15) is 11.1 Å². The summed E-state index contributed by atoms with van der Waals surface area (Å²) in [5.74, 6) is -0.692. The van der Waals surface area contributed by atoms with Crippen LogP contribution in [0.4, 0.5) is 4.39 Å². The molecular weight excluding hydrogens is 281 g/mol. The molecule has 0 fully saturated rings. The molecule has 0 amide bonds. The van der Waals surface area contributed by atoms with Crippen LogP contribution in [-0.2, 0) is 9.53 Å². The van der Waals surface area contributed by atoms with Crippen LogP contribution < -0.4 is 0 Å². The van der Waals surface area contributed by atoms with Gasteiger partial charge in [-0.2, -0.15) is 0 Å². The minimum Gasteiger partial charge on any atom is -0.403 e. The minimum atomic E-state index is -0.544. The molecule has 0 radical (unpaired) electrons. The second kappa shape index (κ2) is 6.18. The fourth-order valence-corrected chi connectivity index (χ4v) is 1.98. The molecule has 22 heavy (non-hydrogen) atoms. The Balaban J connectivity index is 1.81. The lowest BCUT2D eigenvalue weighted by Gasteiger charge is -1.94. The van der Waals surface area contributed by atoms with Crippen LogP contribution in [0.5, 0.6) is 0 Å². The summed E-state index contributed by atoms with van der Waals surface area (Å²) < 4.78 is 18.2. The number of benzene rings is 2. The number of carbonyl (C=O) groups excluding carboxylic acids is 1. The van der Waals surface area contributed by atoms with E-state index >= 15 is 0 Å². The van der Waals surface area contributed by atoms with Gasteiger partial charge in [0.2, 0.25) is 5.90 Å². The smallest absolute Gasteiger partial charge is 0.363 e. The summed E-state index contributed by atoms with van der Waals surface area (Å²) in [4.78, 5) is 15.9. The number of esters is 1. The zero-order chi connectivity index (χ0) is 15.4. The maximum absolute atomic E-state index is 13.1. The Morgan fingerprint density at radius 3 is 2.50 bits per heavy atom. The molecule has 2 aromatic carbocycles. The molecule has 0 saturated carbocycles. The monoisotopic (exact) mass is 293 g/mol. The Hall–Kier alpha value is -3.01. The SMILES string of the molecule is O=C1OC(C=Cc2ccccc2)=NC1=Cc1cccc(F)c1. The Labute approximate surface area is 127 Å². The van der Waals surface area contributed by atoms with Crippen LogP contribution >= 0.6 is 0 Å². The van der Waals surface area contributed by atoms with Crippen LogP contribution in [0, 0.1) is 5.82 Å². The molecule has 0 unspecified atom stereocenters. The fourth-order valence-electron chi connectivity index (χ4n) is 1.98. The van der Waals surface area contributed by atoms with E-state index in [4.69, 9.17) is 4.74 Å². The van der Waals surface area contributed by atoms with Crippen molar-refractivity contribution in [1.29, 1.82) is 0 Å². The molecule has 0 aromatic heterocycles. The maximum Gasteiger partial charge on any atom is 0.363 e. The minimum absolute atomic E-state index is 0.151. The first kappa shape index (κ1) is 13.9. The molecule has 0 saturated heterocycles. The molecular formula is C18H12FNO2. The molecule has 1 aliphatic rings. The van der Waals surface area contributed by atoms with Gasteiger partial charge < -0.3 is 4.74 Å². The van der Waals surface area contributed by atoms with Crippen molar-refractivity contribution in [3.05, 3.63) is 83.3 Å². The Kier molecular flexibility index (Phi) is 3.92. The molecule has 0 N–H and O–H groups in total. The van der Waals surface area contributed by atoms with E-state index in [1.807, 2.05) is 30.3 Å². The predicted octanol–water partition coefficient (Wildman–Crippen LogP) is 3.84. The summed E-state index contributed by atoms with van der Waals surface area (Å²) in [6.45, 7) is 0. The lowest BCUT2D eigenvalue weighted by Crippen LogP contribution is -2.01. The van der Waals surface area contributed by atoms with E-state index < -0.39 is 5.97 Å². The molecule has 108 valence electrons. The first-order chi connectivity index (χ1) is 10.7. The molecule has 1 aliphatic heterocycles. The van der Waals surface area contributed by atoms with Crippen LogP contribution in [0.2, 0.25) is 0 Å². The zero-order valence-electron chi connectivity index (χ0n) is 11.6. The van der Waals surface area contributed by atoms with Gasteiger partial charge in [-0.05, 0) is 35.4 Å². The second-order valence-electron chi connectivity index (χ2n) is 4.67. The van der Waals surface area contributed by atoms with Crippen molar-refractivity contribution in [1.82, 2.24) is 0 Å². The molecule has 3 rings (SSSR count). The van der Waals surface area contributed by atoms with Gasteiger partial charge in [0, 0.05) is 6.08 Å². The van der Waals surface area contributed by atoms with Gasteiger partial charge in [0.1, 0.15) is 5.82 Å². The quantitative estimate of drug-likeness (QED) is 0.637. The van der Waals surface area contributed by atoms with Crippen molar-refractivity contribution in [3.8, 4) is 0 Å². The first-order valence-electron chi connectivity index (χ1n) is 6.72. The van der Waals surface area contributed by atoms with E-state index in [1.54, 1.807) is 24.3 Å². The van der Waals surface area contributed by atoms with Crippen molar-refractivity contribution in [2.24, 2.45) is 4.99 Å². The summed E-state index contributed by atoms with van der Waals surface area (Å²) in [5.41, 5.74) is 1.69. The van der Waals surface area contributed by atoms with E-state index in [9.17, 15) is 9.18 Å². The lowest BCUT2D eigenvalue weighted by atomic mass is 10.2. The largest absolute Gasteiger partial charge is 0.403 e. The van der Waals surface area contributed by atoms with Gasteiger partial charge in [-0.25, -0.2) is 14.2 Å². The standard InChI is InChI=1S/C18H12FNO2/c19-15-8-4-7-14(11-15)12-16-18(21)22-17(20-16)10-9-13-5-2-1-3-6-13/h1-12H. The molecule has 1 heterocycles. The van der Waals surface area contributed by atoms with Gasteiger partial charge in [-0.1, -0.05) is 42.5 Å². The van der Waals surface area contributed by atoms with Crippen LogP contribution in [0.25, 0.3) is 12.2 Å². The van der Waals surface area contributed by atoms with Gasteiger partial charge in [-0.15, -0.1) is 0 Å². The number of ether oxygens (including phenoxy) is 1. The third-order valence-corrected chi connectivity index (χ3v) is 3.01. The van der Waals surface area contributed by atoms with E-state index in [0.717, 1.165) is 5.56 Å². The number of nitrogens with zero attached hydrogens (tertiary/aromatic N) is 1. The molecule has 3 nitrogen and oxygen atoms in total. The molecule has 0 aliphatic carbocycles. The Morgan fingerprint density at radius 1 is 0.955 bits per heavy atom. The highest BCUT2D eigenvalue weighted by molar-refractivity contribution is 6.11. The number of hydrogen-bond acceptors (Lipinski definition) is 3. The number of hydrogen-bond donors (Lipinski definition) is 0. The van der Waals surface area contributed by atoms with Crippen LogP contribution in [0.15, 0.2) is 71.4 Å². The van der Waals surface area contributed by atoms with E-state index in [-0.39, 0.29) is 17.4 Å². The van der Waals surface area contributed by atoms with Gasteiger partial charge in [0.15, 0.2) is 5.70 Å². The first-order valence-corrected chi connectivity index (χ1v) is 6.72. The molecule has 0 spiro atoms. The van der Waals surface area contributed by atoms with Crippen molar-refractivity contribution in [2.45, 2.75) is 0 Å². The molecule has 2 aromatic rings. The van der Waals surface area contributed by atoms with Crippen molar-refractivity contribution >= 4 is 24.0 Å². The highest BCUT2D eigenvalue weighted by atomic mass is 19.1. The average Bonchev–Trinajstić information content (AvgIpc) is 2.86. The number of halogens is 1.